The number of likely N-dealkylation sites (tertiary alicyclic amines) is 1. The van der Waals surface area contributed by atoms with E-state index >= 15 is 0 Å². The van der Waals surface area contributed by atoms with Crippen LogP contribution in [0.15, 0.2) is 24.3 Å². The molecule has 0 spiro atoms. The summed E-state index contributed by atoms with van der Waals surface area (Å²) in [6.45, 7) is 3.48. The van der Waals surface area contributed by atoms with Gasteiger partial charge in [0.15, 0.2) is 0 Å². The molecule has 2 N–H and O–H groups in total. The van der Waals surface area contributed by atoms with Crippen molar-refractivity contribution < 1.29 is 13.2 Å². The van der Waals surface area contributed by atoms with Crippen LogP contribution in [0.3, 0.4) is 0 Å². The highest BCUT2D eigenvalue weighted by molar-refractivity contribution is 5.85. The fourth-order valence-corrected chi connectivity index (χ4v) is 2.73. The molecular formula is C15H22ClF3N2. The van der Waals surface area contributed by atoms with Gasteiger partial charge < -0.3 is 5.73 Å². The Morgan fingerprint density at radius 3 is 2.14 bits per heavy atom. The zero-order chi connectivity index (χ0) is 14.6. The molecule has 6 heteroatoms. The maximum atomic E-state index is 12.5. The maximum Gasteiger partial charge on any atom is 0.416 e. The fraction of sp³-hybridized carbons (Fsp3) is 0.600. The van der Waals surface area contributed by atoms with E-state index in [9.17, 15) is 13.2 Å². The average molecular weight is 323 g/mol. The second-order valence-electron chi connectivity index (χ2n) is 5.49. The van der Waals surface area contributed by atoms with Crippen LogP contribution in [0.1, 0.15) is 30.4 Å². The van der Waals surface area contributed by atoms with Crippen LogP contribution >= 0.6 is 12.4 Å². The van der Waals surface area contributed by atoms with Gasteiger partial charge in [-0.1, -0.05) is 12.1 Å². The Morgan fingerprint density at radius 1 is 1.10 bits per heavy atom. The van der Waals surface area contributed by atoms with Gasteiger partial charge in [0.05, 0.1) is 5.56 Å². The van der Waals surface area contributed by atoms with Gasteiger partial charge in [-0.15, -0.1) is 12.4 Å². The Morgan fingerprint density at radius 2 is 1.67 bits per heavy atom. The summed E-state index contributed by atoms with van der Waals surface area (Å²) in [7, 11) is 0. The van der Waals surface area contributed by atoms with Crippen molar-refractivity contribution in [2.24, 2.45) is 11.7 Å². The highest BCUT2D eigenvalue weighted by Gasteiger charge is 2.30. The van der Waals surface area contributed by atoms with Crippen LogP contribution in [-0.2, 0) is 12.7 Å². The van der Waals surface area contributed by atoms with Gasteiger partial charge >= 0.3 is 6.18 Å². The van der Waals surface area contributed by atoms with Crippen LogP contribution in [-0.4, -0.2) is 24.5 Å². The molecule has 1 saturated heterocycles. The van der Waals surface area contributed by atoms with Gasteiger partial charge in [-0.2, -0.15) is 13.2 Å². The summed E-state index contributed by atoms with van der Waals surface area (Å²) < 4.78 is 37.4. The molecule has 0 atom stereocenters. The van der Waals surface area contributed by atoms with Crippen molar-refractivity contribution in [1.82, 2.24) is 4.90 Å². The Balaban J connectivity index is 0.00000220. The van der Waals surface area contributed by atoms with E-state index in [0.29, 0.717) is 5.92 Å². The molecule has 2 nitrogen and oxygen atoms in total. The van der Waals surface area contributed by atoms with Crippen LogP contribution in [0.5, 0.6) is 0 Å². The lowest BCUT2D eigenvalue weighted by atomic mass is 9.93. The molecule has 1 heterocycles. The Bertz CT molecular complexity index is 412. The summed E-state index contributed by atoms with van der Waals surface area (Å²) in [5, 5.41) is 0. The molecule has 1 aliphatic rings. The molecule has 0 bridgehead atoms. The number of halogens is 4. The van der Waals surface area contributed by atoms with Crippen LogP contribution < -0.4 is 5.73 Å². The summed E-state index contributed by atoms with van der Waals surface area (Å²) >= 11 is 0. The van der Waals surface area contributed by atoms with Crippen LogP contribution in [0.2, 0.25) is 0 Å². The van der Waals surface area contributed by atoms with Crippen molar-refractivity contribution in [3.8, 4) is 0 Å². The molecule has 0 radical (unpaired) electrons. The molecule has 0 amide bonds. The SMILES string of the molecule is Cl.NCCC1CCN(Cc2ccc(C(F)(F)F)cc2)CC1. The lowest BCUT2D eigenvalue weighted by molar-refractivity contribution is -0.137. The first-order valence-corrected chi connectivity index (χ1v) is 7.07. The zero-order valence-electron chi connectivity index (χ0n) is 11.9. The maximum absolute atomic E-state index is 12.5. The van der Waals surface area contributed by atoms with Gasteiger partial charge in [0.25, 0.3) is 0 Å². The third kappa shape index (κ3) is 5.49. The van der Waals surface area contributed by atoms with Crippen molar-refractivity contribution in [3.63, 3.8) is 0 Å². The highest BCUT2D eigenvalue weighted by Crippen LogP contribution is 2.29. The standard InChI is InChI=1S/C15H21F3N2.ClH/c16-15(17,18)14-3-1-13(2-4-14)11-20-9-6-12(5-8-19)7-10-20;/h1-4,12H,5-11,19H2;1H. The molecular weight excluding hydrogens is 301 g/mol. The van der Waals surface area contributed by atoms with E-state index in [-0.39, 0.29) is 12.4 Å². The predicted octanol–water partition coefficient (Wildman–Crippen LogP) is 3.69. The van der Waals surface area contributed by atoms with Crippen molar-refractivity contribution >= 4 is 12.4 Å². The molecule has 0 aliphatic carbocycles. The fourth-order valence-electron chi connectivity index (χ4n) is 2.73. The van der Waals surface area contributed by atoms with Gasteiger partial charge in [0.2, 0.25) is 0 Å². The van der Waals surface area contributed by atoms with Crippen LogP contribution in [0.25, 0.3) is 0 Å². The molecule has 21 heavy (non-hydrogen) atoms. The number of benzene rings is 1. The Hall–Kier alpha value is -0.780. The minimum Gasteiger partial charge on any atom is -0.330 e. The summed E-state index contributed by atoms with van der Waals surface area (Å²) in [5.74, 6) is 0.712. The molecule has 1 aromatic carbocycles. The Kier molecular flexibility index (Phi) is 6.97. The lowest BCUT2D eigenvalue weighted by Crippen LogP contribution is -2.33. The third-order valence-corrected chi connectivity index (χ3v) is 3.97. The van der Waals surface area contributed by atoms with E-state index in [1.54, 1.807) is 12.1 Å². The smallest absolute Gasteiger partial charge is 0.330 e. The predicted molar refractivity (Wildman–Crippen MR) is 80.4 cm³/mol. The normalized spacial score (nSPS) is 17.5. The molecule has 120 valence electrons. The number of hydrogen-bond donors (Lipinski definition) is 1. The van der Waals surface area contributed by atoms with E-state index in [1.165, 1.54) is 0 Å². The summed E-state index contributed by atoms with van der Waals surface area (Å²) in [5.41, 5.74) is 5.92. The summed E-state index contributed by atoms with van der Waals surface area (Å²) in [4.78, 5) is 2.30. The molecule has 0 unspecified atom stereocenters. The minimum atomic E-state index is -4.25. The molecule has 2 rings (SSSR count). The largest absolute Gasteiger partial charge is 0.416 e. The van der Waals surface area contributed by atoms with Crippen LogP contribution in [0.4, 0.5) is 13.2 Å². The van der Waals surface area contributed by atoms with Gasteiger partial charge in [0, 0.05) is 6.54 Å². The van der Waals surface area contributed by atoms with Crippen molar-refractivity contribution in [2.45, 2.75) is 32.0 Å². The molecule has 0 saturated carbocycles. The highest BCUT2D eigenvalue weighted by atomic mass is 35.5. The third-order valence-electron chi connectivity index (χ3n) is 3.97. The van der Waals surface area contributed by atoms with E-state index in [4.69, 9.17) is 5.73 Å². The number of rotatable bonds is 4. The summed E-state index contributed by atoms with van der Waals surface area (Å²) in [6.07, 6.45) is -0.900. The molecule has 0 aromatic heterocycles. The number of nitrogens with two attached hydrogens (primary N) is 1. The molecule has 1 aromatic rings. The van der Waals surface area contributed by atoms with Crippen LogP contribution in [0, 0.1) is 5.92 Å². The van der Waals surface area contributed by atoms with Gasteiger partial charge in [-0.25, -0.2) is 0 Å². The quantitative estimate of drug-likeness (QED) is 0.916. The second-order valence-corrected chi connectivity index (χ2v) is 5.49. The monoisotopic (exact) mass is 322 g/mol. The van der Waals surface area contributed by atoms with E-state index in [1.807, 2.05) is 0 Å². The van der Waals surface area contributed by atoms with Crippen molar-refractivity contribution in [3.05, 3.63) is 35.4 Å². The second kappa shape index (κ2) is 8.01. The number of alkyl halides is 3. The average Bonchev–Trinajstić information content (AvgIpc) is 2.41. The first kappa shape index (κ1) is 18.3. The number of nitrogens with zero attached hydrogens (tertiary/aromatic N) is 1. The zero-order valence-corrected chi connectivity index (χ0v) is 12.7. The van der Waals surface area contributed by atoms with Crippen molar-refractivity contribution in [2.75, 3.05) is 19.6 Å². The van der Waals surface area contributed by atoms with E-state index in [2.05, 4.69) is 4.90 Å². The van der Waals surface area contributed by atoms with E-state index < -0.39 is 11.7 Å². The summed E-state index contributed by atoms with van der Waals surface area (Å²) in [6, 6.07) is 5.48. The first-order valence-electron chi connectivity index (χ1n) is 7.07. The van der Waals surface area contributed by atoms with Crippen molar-refractivity contribution in [1.29, 1.82) is 0 Å². The van der Waals surface area contributed by atoms with E-state index in [0.717, 1.165) is 63.1 Å². The van der Waals surface area contributed by atoms with Gasteiger partial charge in [0.1, 0.15) is 0 Å². The lowest BCUT2D eigenvalue weighted by Gasteiger charge is -2.31. The minimum absolute atomic E-state index is 0. The first-order chi connectivity index (χ1) is 9.49. The number of piperidine rings is 1. The topological polar surface area (TPSA) is 29.3 Å². The van der Waals surface area contributed by atoms with Gasteiger partial charge in [-0.05, 0) is 62.5 Å². The molecule has 1 aliphatic heterocycles. The Labute approximate surface area is 129 Å². The van der Waals surface area contributed by atoms with Gasteiger partial charge in [-0.3, -0.25) is 4.90 Å². The number of hydrogen-bond acceptors (Lipinski definition) is 2. The molecule has 1 fully saturated rings.